The smallest absolute Gasteiger partial charge is 0.166 e. The summed E-state index contributed by atoms with van der Waals surface area (Å²) in [6.45, 7) is 1.04. The second-order valence-corrected chi connectivity index (χ2v) is 4.78. The third kappa shape index (κ3) is 4.63. The molecule has 1 unspecified atom stereocenters. The molecule has 0 spiro atoms. The zero-order chi connectivity index (χ0) is 12.0. The molecule has 0 radical (unpaired) electrons. The summed E-state index contributed by atoms with van der Waals surface area (Å²) >= 11 is 9.07. The highest BCUT2D eigenvalue weighted by Gasteiger charge is 2.06. The molecule has 1 aromatic heterocycles. The van der Waals surface area contributed by atoms with Crippen LogP contribution in [0.1, 0.15) is 6.42 Å². The Labute approximate surface area is 107 Å². The van der Waals surface area contributed by atoms with Crippen molar-refractivity contribution in [1.82, 2.24) is 4.98 Å². The summed E-state index contributed by atoms with van der Waals surface area (Å²) in [6, 6.07) is 1.36. The topological polar surface area (TPSA) is 34.1 Å². The first kappa shape index (κ1) is 13.7. The first-order chi connectivity index (χ1) is 7.63. The molecular formula is C10H13BrClFN2O. The molecular weight excluding hydrogens is 298 g/mol. The lowest BCUT2D eigenvalue weighted by Gasteiger charge is -2.10. The quantitative estimate of drug-likeness (QED) is 0.820. The number of rotatable bonds is 6. The highest BCUT2D eigenvalue weighted by Crippen LogP contribution is 2.16. The third-order valence-electron chi connectivity index (χ3n) is 1.91. The van der Waals surface area contributed by atoms with Gasteiger partial charge in [0.05, 0.1) is 12.0 Å². The van der Waals surface area contributed by atoms with Crippen molar-refractivity contribution in [3.05, 3.63) is 22.6 Å². The van der Waals surface area contributed by atoms with E-state index in [4.69, 9.17) is 16.3 Å². The van der Waals surface area contributed by atoms with Gasteiger partial charge in [-0.15, -0.1) is 11.6 Å². The number of ether oxygens (including phenoxy) is 1. The molecule has 0 aliphatic heterocycles. The van der Waals surface area contributed by atoms with Crippen LogP contribution < -0.4 is 5.32 Å². The number of halogens is 3. The molecule has 0 saturated carbocycles. The van der Waals surface area contributed by atoms with Crippen LogP contribution in [0.2, 0.25) is 0 Å². The Balaban J connectivity index is 2.37. The van der Waals surface area contributed by atoms with Crippen LogP contribution in [0.5, 0.6) is 0 Å². The number of hydrogen-bond acceptors (Lipinski definition) is 3. The highest BCUT2D eigenvalue weighted by molar-refractivity contribution is 9.10. The second-order valence-electron chi connectivity index (χ2n) is 3.25. The number of methoxy groups -OCH3 is 1. The van der Waals surface area contributed by atoms with Crippen molar-refractivity contribution in [2.75, 3.05) is 25.6 Å². The Kier molecular flexibility index (Phi) is 6.01. The zero-order valence-corrected chi connectivity index (χ0v) is 11.2. The van der Waals surface area contributed by atoms with E-state index in [2.05, 4.69) is 26.2 Å². The fourth-order valence-electron chi connectivity index (χ4n) is 1.16. The van der Waals surface area contributed by atoms with E-state index in [1.165, 1.54) is 6.07 Å². The summed E-state index contributed by atoms with van der Waals surface area (Å²) in [6.07, 6.45) is 2.23. The third-order valence-corrected chi connectivity index (χ3v) is 2.68. The second kappa shape index (κ2) is 7.04. The zero-order valence-electron chi connectivity index (χ0n) is 8.84. The lowest BCUT2D eigenvalue weighted by molar-refractivity contribution is 0.196. The van der Waals surface area contributed by atoms with Crippen LogP contribution in [-0.2, 0) is 4.74 Å². The first-order valence-corrected chi connectivity index (χ1v) is 6.04. The molecule has 1 aromatic rings. The number of anilines is 1. The van der Waals surface area contributed by atoms with E-state index in [0.29, 0.717) is 24.0 Å². The summed E-state index contributed by atoms with van der Waals surface area (Å²) in [5.41, 5.74) is 0. The Morgan fingerprint density at radius 3 is 3.06 bits per heavy atom. The number of nitrogens with one attached hydrogen (secondary N) is 1. The number of alkyl halides is 1. The number of pyridine rings is 1. The van der Waals surface area contributed by atoms with Crippen molar-refractivity contribution in [1.29, 1.82) is 0 Å². The summed E-state index contributed by atoms with van der Waals surface area (Å²) in [4.78, 5) is 3.91. The van der Waals surface area contributed by atoms with Crippen molar-refractivity contribution >= 4 is 33.3 Å². The lowest BCUT2D eigenvalue weighted by atomic mass is 10.3. The number of hydrogen-bond donors (Lipinski definition) is 1. The molecule has 1 heterocycles. The predicted octanol–water partition coefficient (Wildman–Crippen LogP) is 3.04. The molecule has 16 heavy (non-hydrogen) atoms. The average molecular weight is 312 g/mol. The molecule has 0 bridgehead atoms. The van der Waals surface area contributed by atoms with E-state index in [9.17, 15) is 4.39 Å². The molecule has 0 aromatic carbocycles. The van der Waals surface area contributed by atoms with Crippen molar-refractivity contribution in [3.8, 4) is 0 Å². The largest absolute Gasteiger partial charge is 0.383 e. The van der Waals surface area contributed by atoms with Gasteiger partial charge in [0, 0.05) is 24.3 Å². The van der Waals surface area contributed by atoms with Gasteiger partial charge in [-0.1, -0.05) is 0 Å². The molecule has 1 atom stereocenters. The Hall–Kier alpha value is -0.390. The Morgan fingerprint density at radius 2 is 2.44 bits per heavy atom. The van der Waals surface area contributed by atoms with E-state index >= 15 is 0 Å². The molecule has 0 saturated heterocycles. The average Bonchev–Trinajstić information content (AvgIpc) is 2.22. The van der Waals surface area contributed by atoms with Crippen LogP contribution in [0.25, 0.3) is 0 Å². The van der Waals surface area contributed by atoms with E-state index in [-0.39, 0.29) is 17.0 Å². The van der Waals surface area contributed by atoms with Gasteiger partial charge in [0.2, 0.25) is 0 Å². The van der Waals surface area contributed by atoms with Crippen molar-refractivity contribution in [2.24, 2.45) is 0 Å². The van der Waals surface area contributed by atoms with Crippen LogP contribution >= 0.6 is 27.5 Å². The molecule has 3 nitrogen and oxygen atoms in total. The Bertz CT molecular complexity index is 341. The van der Waals surface area contributed by atoms with Gasteiger partial charge < -0.3 is 10.1 Å². The van der Waals surface area contributed by atoms with Gasteiger partial charge in [-0.05, 0) is 28.4 Å². The lowest BCUT2D eigenvalue weighted by Crippen LogP contribution is -2.14. The first-order valence-electron chi connectivity index (χ1n) is 4.81. The van der Waals surface area contributed by atoms with Gasteiger partial charge in [-0.3, -0.25) is 0 Å². The molecule has 6 heteroatoms. The van der Waals surface area contributed by atoms with Gasteiger partial charge >= 0.3 is 0 Å². The number of aromatic nitrogens is 1. The van der Waals surface area contributed by atoms with Gasteiger partial charge in [-0.2, -0.15) is 0 Å². The van der Waals surface area contributed by atoms with E-state index in [1.807, 2.05) is 0 Å². The highest BCUT2D eigenvalue weighted by atomic mass is 79.9. The molecule has 0 aliphatic rings. The van der Waals surface area contributed by atoms with Gasteiger partial charge in [0.25, 0.3) is 0 Å². The summed E-state index contributed by atoms with van der Waals surface area (Å²) in [5.74, 6) is -0.142. The van der Waals surface area contributed by atoms with Crippen LogP contribution in [0.15, 0.2) is 16.7 Å². The standard InChI is InChI=1S/C10H13BrClFN2O/c1-16-6-8(12)2-3-14-10-9(13)4-7(11)5-15-10/h4-5,8H,2-3,6H2,1H3,(H,14,15). The molecule has 0 aliphatic carbocycles. The maximum absolute atomic E-state index is 13.3. The minimum Gasteiger partial charge on any atom is -0.383 e. The van der Waals surface area contributed by atoms with Crippen molar-refractivity contribution in [3.63, 3.8) is 0 Å². The number of nitrogens with zero attached hydrogens (tertiary/aromatic N) is 1. The Morgan fingerprint density at radius 1 is 1.69 bits per heavy atom. The minimum absolute atomic E-state index is 0.0731. The normalized spacial score (nSPS) is 12.5. The molecule has 0 amide bonds. The molecule has 0 fully saturated rings. The molecule has 90 valence electrons. The predicted molar refractivity (Wildman–Crippen MR) is 66.5 cm³/mol. The maximum Gasteiger partial charge on any atom is 0.166 e. The van der Waals surface area contributed by atoms with E-state index in [0.717, 1.165) is 0 Å². The van der Waals surface area contributed by atoms with Crippen LogP contribution in [0, 0.1) is 5.82 Å². The van der Waals surface area contributed by atoms with Gasteiger partial charge in [0.1, 0.15) is 0 Å². The minimum atomic E-state index is -0.382. The van der Waals surface area contributed by atoms with Gasteiger partial charge in [-0.25, -0.2) is 9.37 Å². The van der Waals surface area contributed by atoms with Gasteiger partial charge in [0.15, 0.2) is 11.6 Å². The van der Waals surface area contributed by atoms with Crippen molar-refractivity contribution in [2.45, 2.75) is 11.8 Å². The van der Waals surface area contributed by atoms with E-state index in [1.54, 1.807) is 13.3 Å². The van der Waals surface area contributed by atoms with Crippen LogP contribution in [0.4, 0.5) is 10.2 Å². The van der Waals surface area contributed by atoms with Crippen LogP contribution in [-0.4, -0.2) is 30.6 Å². The maximum atomic E-state index is 13.3. The van der Waals surface area contributed by atoms with Crippen molar-refractivity contribution < 1.29 is 9.13 Å². The fraction of sp³-hybridized carbons (Fsp3) is 0.500. The summed E-state index contributed by atoms with van der Waals surface area (Å²) < 4.78 is 18.8. The monoisotopic (exact) mass is 310 g/mol. The SMILES string of the molecule is COCC(Cl)CCNc1ncc(Br)cc1F. The summed E-state index contributed by atoms with van der Waals surface area (Å²) in [5, 5.41) is 2.81. The van der Waals surface area contributed by atoms with E-state index < -0.39 is 0 Å². The molecule has 1 rings (SSSR count). The molecule has 1 N–H and O–H groups in total. The van der Waals surface area contributed by atoms with Crippen LogP contribution in [0.3, 0.4) is 0 Å². The summed E-state index contributed by atoms with van der Waals surface area (Å²) in [7, 11) is 1.60. The fourth-order valence-corrected chi connectivity index (χ4v) is 1.69.